The van der Waals surface area contributed by atoms with Crippen LogP contribution < -0.4 is 5.32 Å². The Morgan fingerprint density at radius 2 is 1.83 bits per heavy atom. The van der Waals surface area contributed by atoms with Crippen LogP contribution in [0.15, 0.2) is 0 Å². The van der Waals surface area contributed by atoms with Crippen LogP contribution in [0.2, 0.25) is 0 Å². The highest BCUT2D eigenvalue weighted by Crippen LogP contribution is 2.65. The summed E-state index contributed by atoms with van der Waals surface area (Å²) in [5, 5.41) is 3.43. The Morgan fingerprint density at radius 3 is 2.48 bits per heavy atom. The summed E-state index contributed by atoms with van der Waals surface area (Å²) in [6.45, 7) is 4.67. The predicted octanol–water partition coefficient (Wildman–Crippen LogP) is 5.05. The van der Waals surface area contributed by atoms with Crippen molar-refractivity contribution in [3.8, 4) is 0 Å². The maximum Gasteiger partial charge on any atom is 0.220 e. The Bertz CT molecular complexity index is 476. The van der Waals surface area contributed by atoms with Crippen molar-refractivity contribution in [3.05, 3.63) is 0 Å². The fourth-order valence-electron chi connectivity index (χ4n) is 6.93. The molecule has 0 radical (unpaired) electrons. The molecule has 1 amide bonds. The van der Waals surface area contributed by atoms with Gasteiger partial charge in [-0.2, -0.15) is 0 Å². The van der Waals surface area contributed by atoms with Crippen molar-refractivity contribution in [1.82, 2.24) is 5.32 Å². The van der Waals surface area contributed by atoms with E-state index in [1.165, 1.54) is 57.8 Å². The van der Waals surface area contributed by atoms with Crippen molar-refractivity contribution in [2.45, 2.75) is 88.4 Å². The zero-order chi connectivity index (χ0) is 16.2. The lowest BCUT2D eigenvalue weighted by Gasteiger charge is -2.60. The number of carbonyl (C=O) groups excluding carboxylic acids is 1. The summed E-state index contributed by atoms with van der Waals surface area (Å²) in [6.07, 6.45) is 12.5. The van der Waals surface area contributed by atoms with E-state index in [0.717, 1.165) is 24.2 Å². The number of halogens is 1. The summed E-state index contributed by atoms with van der Waals surface area (Å²) in [5.41, 5.74) is 0.307. The molecule has 0 aliphatic heterocycles. The second-order valence-electron chi connectivity index (χ2n) is 9.73. The number of hydrogen-bond donors (Lipinski definition) is 1. The molecule has 3 heteroatoms. The molecule has 7 atom stereocenters. The van der Waals surface area contributed by atoms with E-state index < -0.39 is 0 Å². The fourth-order valence-corrected chi connectivity index (χ4v) is 8.44. The molecular formula is C20H32BrNO. The molecule has 0 aromatic rings. The van der Waals surface area contributed by atoms with E-state index in [1.807, 2.05) is 0 Å². The molecule has 2 unspecified atom stereocenters. The number of amides is 1. The van der Waals surface area contributed by atoms with Crippen molar-refractivity contribution in [2.75, 3.05) is 0 Å². The second-order valence-corrected chi connectivity index (χ2v) is 11.4. The molecule has 0 aromatic carbocycles. The number of carbonyl (C=O) groups is 1. The molecule has 0 aromatic heterocycles. The largest absolute Gasteiger partial charge is 0.353 e. The minimum absolute atomic E-state index is 0.307. The fraction of sp³-hybridized carbons (Fsp3) is 0.950. The van der Waals surface area contributed by atoms with Gasteiger partial charge in [-0.25, -0.2) is 0 Å². The van der Waals surface area contributed by atoms with Gasteiger partial charge in [0, 0.05) is 16.8 Å². The van der Waals surface area contributed by atoms with Gasteiger partial charge in [0.15, 0.2) is 0 Å². The monoisotopic (exact) mass is 381 g/mol. The molecular weight excluding hydrogens is 350 g/mol. The van der Waals surface area contributed by atoms with Crippen molar-refractivity contribution in [2.24, 2.45) is 29.1 Å². The zero-order valence-electron chi connectivity index (χ0n) is 14.7. The number of nitrogens with one attached hydrogen (secondary N) is 1. The van der Waals surface area contributed by atoms with Gasteiger partial charge in [0.1, 0.15) is 0 Å². The summed E-state index contributed by atoms with van der Waals surface area (Å²) in [7, 11) is 0. The molecule has 5 fully saturated rings. The lowest BCUT2D eigenvalue weighted by Crippen LogP contribution is -2.54. The van der Waals surface area contributed by atoms with E-state index in [-0.39, 0.29) is 0 Å². The quantitative estimate of drug-likeness (QED) is 0.680. The molecule has 5 aliphatic rings. The van der Waals surface area contributed by atoms with Crippen LogP contribution in [0.3, 0.4) is 0 Å². The Morgan fingerprint density at radius 1 is 1.13 bits per heavy atom. The number of rotatable bonds is 3. The van der Waals surface area contributed by atoms with E-state index in [4.69, 9.17) is 0 Å². The molecule has 1 N–H and O–H groups in total. The van der Waals surface area contributed by atoms with Crippen LogP contribution >= 0.6 is 15.9 Å². The normalized spacial score (nSPS) is 51.7. The standard InChI is InChI=1S/C20H32BrNO/c1-13-4-3-5-17(14(13)2)22-18(23)11-19-7-15-6-16(8-19)10-20(21,9-15)12-19/h13-17H,3-12H2,1-2H3,(H,22,23)/t13-,14-,15-,16+,17-,19?,20?/m1/s1. The Balaban J connectivity index is 1.41. The summed E-state index contributed by atoms with van der Waals surface area (Å²) >= 11 is 4.07. The third-order valence-electron chi connectivity index (χ3n) is 7.70. The third-order valence-corrected chi connectivity index (χ3v) is 8.63. The molecule has 5 aliphatic carbocycles. The van der Waals surface area contributed by atoms with Crippen molar-refractivity contribution < 1.29 is 4.79 Å². The van der Waals surface area contributed by atoms with Crippen molar-refractivity contribution >= 4 is 21.8 Å². The minimum atomic E-state index is 0.307. The summed E-state index contributed by atoms with van der Waals surface area (Å²) in [4.78, 5) is 12.8. The van der Waals surface area contributed by atoms with Gasteiger partial charge in [-0.15, -0.1) is 0 Å². The van der Waals surface area contributed by atoms with Crippen molar-refractivity contribution in [1.29, 1.82) is 0 Å². The van der Waals surface area contributed by atoms with Crippen molar-refractivity contribution in [3.63, 3.8) is 0 Å². The molecule has 5 saturated carbocycles. The van der Waals surface area contributed by atoms with Gasteiger partial charge in [-0.1, -0.05) is 42.6 Å². The molecule has 0 saturated heterocycles. The van der Waals surface area contributed by atoms with Gasteiger partial charge in [0.05, 0.1) is 0 Å². The predicted molar refractivity (Wildman–Crippen MR) is 97.5 cm³/mol. The van der Waals surface area contributed by atoms with Gasteiger partial charge >= 0.3 is 0 Å². The van der Waals surface area contributed by atoms with Crippen LogP contribution in [0.5, 0.6) is 0 Å². The van der Waals surface area contributed by atoms with Crippen LogP contribution in [0.1, 0.15) is 78.1 Å². The zero-order valence-corrected chi connectivity index (χ0v) is 16.3. The van der Waals surface area contributed by atoms with Gasteiger partial charge in [0.2, 0.25) is 5.91 Å². The van der Waals surface area contributed by atoms with E-state index in [9.17, 15) is 4.79 Å². The lowest BCUT2D eigenvalue weighted by molar-refractivity contribution is -0.129. The Hall–Kier alpha value is -0.0500. The van der Waals surface area contributed by atoms with Crippen LogP contribution in [0.25, 0.3) is 0 Å². The number of hydrogen-bond acceptors (Lipinski definition) is 1. The topological polar surface area (TPSA) is 29.1 Å². The maximum absolute atomic E-state index is 12.8. The number of alkyl halides is 1. The van der Waals surface area contributed by atoms with Crippen LogP contribution in [-0.4, -0.2) is 16.3 Å². The van der Waals surface area contributed by atoms with Crippen LogP contribution in [0.4, 0.5) is 0 Å². The Labute approximate surface area is 149 Å². The lowest BCUT2D eigenvalue weighted by atomic mass is 9.48. The van der Waals surface area contributed by atoms with Gasteiger partial charge in [0.25, 0.3) is 0 Å². The second kappa shape index (κ2) is 5.75. The molecule has 2 nitrogen and oxygen atoms in total. The first-order chi connectivity index (χ1) is 10.9. The van der Waals surface area contributed by atoms with Gasteiger partial charge < -0.3 is 5.32 Å². The molecule has 5 rings (SSSR count). The summed E-state index contributed by atoms with van der Waals surface area (Å²) < 4.78 is 0.365. The first kappa shape index (κ1) is 16.4. The summed E-state index contributed by atoms with van der Waals surface area (Å²) in [6, 6.07) is 0.415. The molecule has 130 valence electrons. The summed E-state index contributed by atoms with van der Waals surface area (Å²) in [5.74, 6) is 3.47. The maximum atomic E-state index is 12.8. The van der Waals surface area contributed by atoms with E-state index in [1.54, 1.807) is 0 Å². The van der Waals surface area contributed by atoms with E-state index >= 15 is 0 Å². The SMILES string of the molecule is C[C@@H]1[C@H](C)CCC[C@H]1NC(=O)CC12C[C@@H]3C[C@@H](CC(Br)(C3)C1)C2. The molecule has 4 bridgehead atoms. The average molecular weight is 382 g/mol. The van der Waals surface area contributed by atoms with Gasteiger partial charge in [-0.3, -0.25) is 4.79 Å². The van der Waals surface area contributed by atoms with E-state index in [0.29, 0.717) is 27.6 Å². The highest BCUT2D eigenvalue weighted by molar-refractivity contribution is 9.10. The average Bonchev–Trinajstić information content (AvgIpc) is 2.40. The Kier molecular flexibility index (Phi) is 4.10. The van der Waals surface area contributed by atoms with Gasteiger partial charge in [-0.05, 0) is 74.0 Å². The third kappa shape index (κ3) is 3.12. The molecule has 0 spiro atoms. The van der Waals surface area contributed by atoms with Crippen LogP contribution in [0, 0.1) is 29.1 Å². The molecule has 23 heavy (non-hydrogen) atoms. The van der Waals surface area contributed by atoms with Crippen LogP contribution in [-0.2, 0) is 4.79 Å². The smallest absolute Gasteiger partial charge is 0.220 e. The first-order valence-electron chi connectivity index (χ1n) is 9.85. The molecule has 0 heterocycles. The first-order valence-corrected chi connectivity index (χ1v) is 10.6. The highest BCUT2D eigenvalue weighted by Gasteiger charge is 2.57. The highest BCUT2D eigenvalue weighted by atomic mass is 79.9. The minimum Gasteiger partial charge on any atom is -0.353 e. The van der Waals surface area contributed by atoms with E-state index in [2.05, 4.69) is 35.1 Å².